The Kier molecular flexibility index (Phi) is 5.83. The number of hydrazone groups is 1. The van der Waals surface area contributed by atoms with Gasteiger partial charge in [-0.15, -0.1) is 11.3 Å². The summed E-state index contributed by atoms with van der Waals surface area (Å²) in [5.41, 5.74) is 6.30. The molecule has 0 bridgehead atoms. The number of nitrogens with one attached hydrogen (secondary N) is 1. The zero-order chi connectivity index (χ0) is 17.6. The van der Waals surface area contributed by atoms with Crippen molar-refractivity contribution in [3.8, 4) is 0 Å². The molecule has 0 aliphatic heterocycles. The minimum Gasteiger partial charge on any atom is -0.267 e. The summed E-state index contributed by atoms with van der Waals surface area (Å²) in [4.78, 5) is 16.6. The molecule has 0 radical (unpaired) electrons. The Hall–Kier alpha value is -2.18. The summed E-state index contributed by atoms with van der Waals surface area (Å²) in [6.45, 7) is 3.89. The lowest BCUT2D eigenvalue weighted by Crippen LogP contribution is -2.18. The van der Waals surface area contributed by atoms with Crippen LogP contribution in [0.3, 0.4) is 0 Å². The summed E-state index contributed by atoms with van der Waals surface area (Å²) in [7, 11) is 0. The summed E-state index contributed by atoms with van der Waals surface area (Å²) in [5, 5.41) is 4.04. The van der Waals surface area contributed by atoms with Crippen molar-refractivity contribution in [2.45, 2.75) is 30.4 Å². The number of hydrogen-bond acceptors (Lipinski definition) is 5. The third-order valence-corrected chi connectivity index (χ3v) is 5.96. The fourth-order valence-corrected chi connectivity index (χ4v) is 4.12. The van der Waals surface area contributed by atoms with Crippen LogP contribution in [0.15, 0.2) is 58.0 Å². The fourth-order valence-electron chi connectivity index (χ4n) is 2.10. The molecule has 3 aromatic rings. The van der Waals surface area contributed by atoms with E-state index in [0.717, 1.165) is 33.3 Å². The first-order valence-electron chi connectivity index (χ1n) is 8.06. The van der Waals surface area contributed by atoms with Crippen molar-refractivity contribution >= 4 is 44.9 Å². The smallest absolute Gasteiger partial charge is 0.267 e. The minimum absolute atomic E-state index is 0.182. The molecule has 25 heavy (non-hydrogen) atoms. The van der Waals surface area contributed by atoms with E-state index in [4.69, 9.17) is 0 Å². The van der Waals surface area contributed by atoms with Crippen molar-refractivity contribution in [1.82, 2.24) is 10.4 Å². The van der Waals surface area contributed by atoms with E-state index < -0.39 is 0 Å². The fraction of sp³-hybridized carbons (Fsp3) is 0.211. The van der Waals surface area contributed by atoms with E-state index in [-0.39, 0.29) is 5.91 Å². The van der Waals surface area contributed by atoms with Gasteiger partial charge in [0.15, 0.2) is 4.34 Å². The van der Waals surface area contributed by atoms with E-state index in [1.54, 1.807) is 23.1 Å². The van der Waals surface area contributed by atoms with Crippen LogP contribution in [0.2, 0.25) is 0 Å². The Balaban J connectivity index is 1.59. The number of thioether (sulfide) groups is 1. The number of carbonyl (C=O) groups is 1. The van der Waals surface area contributed by atoms with Crippen LogP contribution in [0.4, 0.5) is 0 Å². The normalized spacial score (nSPS) is 11.7. The number of thiazole rings is 1. The van der Waals surface area contributed by atoms with Gasteiger partial charge in [0, 0.05) is 17.0 Å². The van der Waals surface area contributed by atoms with Crippen LogP contribution in [0, 0.1) is 0 Å². The number of nitrogens with zero attached hydrogens (tertiary/aromatic N) is 2. The van der Waals surface area contributed by atoms with Gasteiger partial charge in [0.2, 0.25) is 0 Å². The van der Waals surface area contributed by atoms with E-state index in [9.17, 15) is 4.79 Å². The Labute approximate surface area is 155 Å². The molecular formula is C19H19N3OS2. The van der Waals surface area contributed by atoms with Gasteiger partial charge in [0.05, 0.1) is 10.2 Å². The highest BCUT2D eigenvalue weighted by molar-refractivity contribution is 8.00. The highest BCUT2D eigenvalue weighted by atomic mass is 32.2. The number of carbonyl (C=O) groups excluding carboxylic acids is 1. The van der Waals surface area contributed by atoms with Gasteiger partial charge in [-0.3, -0.25) is 4.79 Å². The number of amides is 1. The average Bonchev–Trinajstić information content (AvgIpc) is 3.07. The van der Waals surface area contributed by atoms with Gasteiger partial charge in [0.1, 0.15) is 0 Å². The highest BCUT2D eigenvalue weighted by Gasteiger charge is 2.07. The number of benzene rings is 2. The molecule has 1 amide bonds. The molecule has 1 heterocycles. The first-order chi connectivity index (χ1) is 12.2. The number of hydrogen-bond donors (Lipinski definition) is 1. The topological polar surface area (TPSA) is 54.4 Å². The maximum atomic E-state index is 12.0. The van der Waals surface area contributed by atoms with Crippen molar-refractivity contribution < 1.29 is 4.79 Å². The Morgan fingerprint density at radius 3 is 2.68 bits per heavy atom. The molecule has 1 N–H and O–H groups in total. The first kappa shape index (κ1) is 17.6. The molecule has 0 aliphatic rings. The average molecular weight is 370 g/mol. The summed E-state index contributed by atoms with van der Waals surface area (Å²) >= 11 is 3.42. The van der Waals surface area contributed by atoms with Crippen LogP contribution in [-0.2, 0) is 5.75 Å². The van der Waals surface area contributed by atoms with Crippen LogP contribution < -0.4 is 5.43 Å². The van der Waals surface area contributed by atoms with Gasteiger partial charge in [-0.1, -0.05) is 43.0 Å². The van der Waals surface area contributed by atoms with E-state index in [1.807, 2.05) is 56.3 Å². The molecule has 2 aromatic carbocycles. The maximum Gasteiger partial charge on any atom is 0.271 e. The molecule has 0 unspecified atom stereocenters. The van der Waals surface area contributed by atoms with Crippen molar-refractivity contribution in [2.24, 2.45) is 5.10 Å². The molecule has 0 spiro atoms. The van der Waals surface area contributed by atoms with Crippen LogP contribution in [0.1, 0.15) is 36.2 Å². The lowest BCUT2D eigenvalue weighted by molar-refractivity contribution is 0.0954. The van der Waals surface area contributed by atoms with Crippen molar-refractivity contribution in [3.05, 3.63) is 59.7 Å². The standard InChI is InChI=1S/C19H19N3OS2/c1-3-13(2)21-22-18(23)15-10-8-14(9-11-15)12-24-19-20-16-6-4-5-7-17(16)25-19/h4-11H,3,12H2,1-2H3,(H,22,23)/b21-13-. The number of aromatic nitrogens is 1. The molecule has 4 nitrogen and oxygen atoms in total. The summed E-state index contributed by atoms with van der Waals surface area (Å²) in [5.74, 6) is 0.646. The molecule has 0 saturated heterocycles. The van der Waals surface area contributed by atoms with Gasteiger partial charge in [-0.2, -0.15) is 5.10 Å². The van der Waals surface area contributed by atoms with Crippen LogP contribution in [0.5, 0.6) is 0 Å². The first-order valence-corrected chi connectivity index (χ1v) is 9.86. The molecule has 1 aromatic heterocycles. The third kappa shape index (κ3) is 4.67. The quantitative estimate of drug-likeness (QED) is 0.373. The summed E-state index contributed by atoms with van der Waals surface area (Å²) in [6.07, 6.45) is 0.822. The van der Waals surface area contributed by atoms with E-state index in [0.29, 0.717) is 5.56 Å². The lowest BCUT2D eigenvalue weighted by Gasteiger charge is -2.03. The Morgan fingerprint density at radius 1 is 1.20 bits per heavy atom. The monoisotopic (exact) mass is 369 g/mol. The molecular weight excluding hydrogens is 350 g/mol. The molecule has 0 atom stereocenters. The van der Waals surface area contributed by atoms with Crippen molar-refractivity contribution in [1.29, 1.82) is 0 Å². The van der Waals surface area contributed by atoms with Crippen LogP contribution in [0.25, 0.3) is 10.2 Å². The molecule has 0 fully saturated rings. The summed E-state index contributed by atoms with van der Waals surface area (Å²) < 4.78 is 2.27. The molecule has 128 valence electrons. The second kappa shape index (κ2) is 8.27. The minimum atomic E-state index is -0.182. The Bertz CT molecular complexity index is 867. The third-order valence-electron chi connectivity index (χ3n) is 3.71. The van der Waals surface area contributed by atoms with Gasteiger partial charge in [-0.05, 0) is 43.2 Å². The molecule has 0 saturated carbocycles. The molecule has 3 rings (SSSR count). The highest BCUT2D eigenvalue weighted by Crippen LogP contribution is 2.31. The maximum absolute atomic E-state index is 12.0. The molecule has 0 aliphatic carbocycles. The van der Waals surface area contributed by atoms with E-state index in [1.165, 1.54) is 4.70 Å². The van der Waals surface area contributed by atoms with Gasteiger partial charge in [0.25, 0.3) is 5.91 Å². The second-order valence-electron chi connectivity index (χ2n) is 5.57. The van der Waals surface area contributed by atoms with Gasteiger partial charge in [-0.25, -0.2) is 10.4 Å². The van der Waals surface area contributed by atoms with Crippen molar-refractivity contribution in [2.75, 3.05) is 0 Å². The van der Waals surface area contributed by atoms with Crippen LogP contribution >= 0.6 is 23.1 Å². The SMILES string of the molecule is CC/C(C)=N\NC(=O)c1ccc(CSc2nc3ccccc3s2)cc1. The number of rotatable bonds is 6. The second-order valence-corrected chi connectivity index (χ2v) is 7.83. The predicted molar refractivity (Wildman–Crippen MR) is 106 cm³/mol. The summed E-state index contributed by atoms with van der Waals surface area (Å²) in [6, 6.07) is 15.8. The predicted octanol–water partition coefficient (Wildman–Crippen LogP) is 5.10. The van der Waals surface area contributed by atoms with Gasteiger partial charge < -0.3 is 0 Å². The largest absolute Gasteiger partial charge is 0.271 e. The van der Waals surface area contributed by atoms with Gasteiger partial charge >= 0.3 is 0 Å². The Morgan fingerprint density at radius 2 is 1.96 bits per heavy atom. The number of para-hydroxylation sites is 1. The van der Waals surface area contributed by atoms with Crippen LogP contribution in [-0.4, -0.2) is 16.6 Å². The lowest BCUT2D eigenvalue weighted by atomic mass is 10.1. The van der Waals surface area contributed by atoms with E-state index in [2.05, 4.69) is 21.6 Å². The van der Waals surface area contributed by atoms with E-state index >= 15 is 0 Å². The molecule has 6 heteroatoms. The zero-order valence-electron chi connectivity index (χ0n) is 14.2. The van der Waals surface area contributed by atoms with Crippen molar-refractivity contribution in [3.63, 3.8) is 0 Å². The zero-order valence-corrected chi connectivity index (χ0v) is 15.8. The number of fused-ring (bicyclic) bond motifs is 1.